The third-order valence-electron chi connectivity index (χ3n) is 3.58. The second-order valence-electron chi connectivity index (χ2n) is 5.31. The average Bonchev–Trinajstić information content (AvgIpc) is 2.64. The van der Waals surface area contributed by atoms with Crippen LogP contribution in [0.2, 0.25) is 0 Å². The molecule has 0 radical (unpaired) electrons. The van der Waals surface area contributed by atoms with Crippen molar-refractivity contribution in [3.63, 3.8) is 0 Å². The molecule has 5 heteroatoms. The number of phenols is 1. The number of nitrogens with one attached hydrogen (secondary N) is 1. The second kappa shape index (κ2) is 7.59. The second-order valence-corrected chi connectivity index (χ2v) is 5.70. The molecule has 0 aliphatic rings. The van der Waals surface area contributed by atoms with Gasteiger partial charge >= 0.3 is 0 Å². The molecule has 3 rings (SSSR count). The Morgan fingerprint density at radius 1 is 0.800 bits per heavy atom. The Morgan fingerprint density at radius 3 is 1.76 bits per heavy atom. The van der Waals surface area contributed by atoms with Gasteiger partial charge < -0.3 is 5.11 Å². The molecule has 0 atom stereocenters. The summed E-state index contributed by atoms with van der Waals surface area (Å²) in [6, 6.07) is 25.2. The number of nitrogens with zero attached hydrogens (tertiary/aromatic N) is 1. The van der Waals surface area contributed by atoms with Crippen LogP contribution in [-0.2, 0) is 0 Å². The monoisotopic (exact) mass is 348 g/mol. The molecule has 3 aromatic rings. The number of phenolic OH excluding ortho intramolecular Hbond substituents is 1. The van der Waals surface area contributed by atoms with Gasteiger partial charge in [0.2, 0.25) is 0 Å². The summed E-state index contributed by atoms with van der Waals surface area (Å²) in [5.41, 5.74) is 2.12. The smallest absolute Gasteiger partial charge is 0.257 e. The minimum absolute atomic E-state index is 0.106. The maximum Gasteiger partial charge on any atom is 0.257 e. The summed E-state index contributed by atoms with van der Waals surface area (Å²) in [6.07, 6.45) is 0. The standard InChI is InChI=1S/C20H16N2O2S/c23-18-13-11-15(12-14-18)19(24)21-20(25)22(16-7-3-1-4-8-16)17-9-5-2-6-10-17/h1-14,23H,(H,21,24,25). The van der Waals surface area contributed by atoms with E-state index in [9.17, 15) is 9.90 Å². The van der Waals surface area contributed by atoms with Gasteiger partial charge in [0.1, 0.15) is 5.75 Å². The van der Waals surface area contributed by atoms with Crippen LogP contribution in [0.4, 0.5) is 11.4 Å². The predicted octanol–water partition coefficient (Wildman–Crippen LogP) is 4.25. The summed E-state index contributed by atoms with van der Waals surface area (Å²) in [7, 11) is 0. The SMILES string of the molecule is O=C(NC(=S)N(c1ccccc1)c1ccccc1)c1ccc(O)cc1. The van der Waals surface area contributed by atoms with E-state index in [-0.39, 0.29) is 16.8 Å². The number of amides is 1. The van der Waals surface area contributed by atoms with Crippen LogP contribution in [-0.4, -0.2) is 16.1 Å². The highest BCUT2D eigenvalue weighted by Crippen LogP contribution is 2.25. The molecule has 4 nitrogen and oxygen atoms in total. The van der Waals surface area contributed by atoms with Gasteiger partial charge in [-0.1, -0.05) is 36.4 Å². The van der Waals surface area contributed by atoms with Gasteiger partial charge in [0.15, 0.2) is 5.11 Å². The van der Waals surface area contributed by atoms with Crippen LogP contribution < -0.4 is 10.2 Å². The summed E-state index contributed by atoms with van der Waals surface area (Å²) >= 11 is 5.49. The van der Waals surface area contributed by atoms with Gasteiger partial charge in [-0.15, -0.1) is 0 Å². The maximum atomic E-state index is 12.4. The van der Waals surface area contributed by atoms with Gasteiger partial charge in [0.25, 0.3) is 5.91 Å². The lowest BCUT2D eigenvalue weighted by Gasteiger charge is -2.25. The van der Waals surface area contributed by atoms with Gasteiger partial charge in [0, 0.05) is 16.9 Å². The Kier molecular flexibility index (Phi) is 5.06. The lowest BCUT2D eigenvalue weighted by atomic mass is 10.2. The molecule has 2 N–H and O–H groups in total. The molecule has 0 aliphatic carbocycles. The minimum atomic E-state index is -0.332. The third-order valence-corrected chi connectivity index (χ3v) is 3.87. The van der Waals surface area contributed by atoms with Crippen molar-refractivity contribution in [2.75, 3.05) is 4.90 Å². The van der Waals surface area contributed by atoms with Crippen molar-refractivity contribution in [3.05, 3.63) is 90.5 Å². The number of para-hydroxylation sites is 2. The number of carbonyl (C=O) groups excluding carboxylic acids is 1. The number of rotatable bonds is 3. The van der Waals surface area contributed by atoms with E-state index in [1.54, 1.807) is 17.0 Å². The van der Waals surface area contributed by atoms with Gasteiger partial charge in [-0.2, -0.15) is 0 Å². The van der Waals surface area contributed by atoms with E-state index in [0.29, 0.717) is 5.56 Å². The molecule has 0 heterocycles. The number of anilines is 2. The number of hydrogen-bond donors (Lipinski definition) is 2. The summed E-state index contributed by atoms with van der Waals surface area (Å²) < 4.78 is 0. The van der Waals surface area contributed by atoms with Crippen molar-refractivity contribution < 1.29 is 9.90 Å². The van der Waals surface area contributed by atoms with E-state index in [1.165, 1.54) is 12.1 Å². The minimum Gasteiger partial charge on any atom is -0.508 e. The van der Waals surface area contributed by atoms with Crippen LogP contribution in [0.5, 0.6) is 5.75 Å². The topological polar surface area (TPSA) is 52.6 Å². The Labute approximate surface area is 151 Å². The van der Waals surface area contributed by atoms with Crippen LogP contribution in [0.25, 0.3) is 0 Å². The molecule has 0 fully saturated rings. The van der Waals surface area contributed by atoms with Gasteiger partial charge in [-0.25, -0.2) is 0 Å². The molecule has 0 saturated heterocycles. The van der Waals surface area contributed by atoms with Crippen molar-refractivity contribution >= 4 is 34.6 Å². The molecule has 124 valence electrons. The first-order chi connectivity index (χ1) is 12.1. The first-order valence-corrected chi connectivity index (χ1v) is 8.10. The van der Waals surface area contributed by atoms with Crippen molar-refractivity contribution in [1.29, 1.82) is 0 Å². The molecule has 1 amide bonds. The van der Waals surface area contributed by atoms with Gasteiger partial charge in [-0.3, -0.25) is 15.0 Å². The van der Waals surface area contributed by atoms with E-state index in [2.05, 4.69) is 5.32 Å². The highest BCUT2D eigenvalue weighted by molar-refractivity contribution is 7.80. The fraction of sp³-hybridized carbons (Fsp3) is 0. The van der Waals surface area contributed by atoms with Crippen molar-refractivity contribution in [1.82, 2.24) is 5.32 Å². The summed E-state index contributed by atoms with van der Waals surface area (Å²) in [6.45, 7) is 0. The summed E-state index contributed by atoms with van der Waals surface area (Å²) in [5, 5.41) is 12.4. The highest BCUT2D eigenvalue weighted by atomic mass is 32.1. The van der Waals surface area contributed by atoms with Gasteiger partial charge in [-0.05, 0) is 60.7 Å². The van der Waals surface area contributed by atoms with Crippen molar-refractivity contribution in [2.45, 2.75) is 0 Å². The fourth-order valence-electron chi connectivity index (χ4n) is 2.38. The molecular formula is C20H16N2O2S. The molecule has 0 aromatic heterocycles. The highest BCUT2D eigenvalue weighted by Gasteiger charge is 2.17. The number of aromatic hydroxyl groups is 1. The zero-order valence-electron chi connectivity index (χ0n) is 13.3. The van der Waals surface area contributed by atoms with E-state index in [1.807, 2.05) is 60.7 Å². The normalized spacial score (nSPS) is 10.1. The molecule has 0 aliphatic heterocycles. The number of carbonyl (C=O) groups is 1. The van der Waals surface area contributed by atoms with E-state index in [0.717, 1.165) is 11.4 Å². The quantitative estimate of drug-likeness (QED) is 0.695. The van der Waals surface area contributed by atoms with Crippen molar-refractivity contribution in [2.24, 2.45) is 0 Å². The van der Waals surface area contributed by atoms with Crippen LogP contribution in [0.15, 0.2) is 84.9 Å². The molecule has 0 unspecified atom stereocenters. The van der Waals surface area contributed by atoms with E-state index >= 15 is 0 Å². The van der Waals surface area contributed by atoms with Crippen LogP contribution in [0, 0.1) is 0 Å². The summed E-state index contributed by atoms with van der Waals surface area (Å²) in [5.74, 6) is -0.226. The molecular weight excluding hydrogens is 332 g/mol. The van der Waals surface area contributed by atoms with Crippen molar-refractivity contribution in [3.8, 4) is 5.75 Å². The summed E-state index contributed by atoms with van der Waals surface area (Å²) in [4.78, 5) is 14.2. The van der Waals surface area contributed by atoms with Gasteiger partial charge in [0.05, 0.1) is 0 Å². The predicted molar refractivity (Wildman–Crippen MR) is 103 cm³/mol. The number of hydrogen-bond acceptors (Lipinski definition) is 3. The molecule has 0 spiro atoms. The zero-order valence-corrected chi connectivity index (χ0v) is 14.1. The Balaban J connectivity index is 1.87. The lowest BCUT2D eigenvalue weighted by molar-refractivity contribution is 0.0977. The Bertz CT molecular complexity index is 826. The van der Waals surface area contributed by atoms with Crippen LogP contribution in [0.3, 0.4) is 0 Å². The Morgan fingerprint density at radius 2 is 1.28 bits per heavy atom. The van der Waals surface area contributed by atoms with E-state index in [4.69, 9.17) is 12.2 Å². The average molecular weight is 348 g/mol. The third kappa shape index (κ3) is 4.02. The zero-order chi connectivity index (χ0) is 17.6. The molecule has 25 heavy (non-hydrogen) atoms. The number of benzene rings is 3. The van der Waals surface area contributed by atoms with E-state index < -0.39 is 0 Å². The first-order valence-electron chi connectivity index (χ1n) is 7.70. The molecule has 0 bridgehead atoms. The molecule has 3 aromatic carbocycles. The lowest BCUT2D eigenvalue weighted by Crippen LogP contribution is -2.40. The maximum absolute atomic E-state index is 12.4. The number of thiocarbonyl (C=S) groups is 1. The van der Waals surface area contributed by atoms with Crippen LogP contribution in [0.1, 0.15) is 10.4 Å². The Hall–Kier alpha value is -3.18. The first kappa shape index (κ1) is 16.7. The van der Waals surface area contributed by atoms with Crippen LogP contribution >= 0.6 is 12.2 Å². The fourth-order valence-corrected chi connectivity index (χ4v) is 2.68. The molecule has 0 saturated carbocycles. The largest absolute Gasteiger partial charge is 0.508 e.